The highest BCUT2D eigenvalue weighted by Gasteiger charge is 2.15. The Balaban J connectivity index is 2.63. The summed E-state index contributed by atoms with van der Waals surface area (Å²) in [6, 6.07) is 2.96. The number of nitrogens with one attached hydrogen (secondary N) is 1. The molecule has 0 fully saturated rings. The van der Waals surface area contributed by atoms with Crippen molar-refractivity contribution in [1.29, 1.82) is 0 Å². The third kappa shape index (κ3) is 2.77. The molecule has 2 rings (SSSR count). The number of benzene rings is 1. The predicted octanol–water partition coefficient (Wildman–Crippen LogP) is 4.27. The highest BCUT2D eigenvalue weighted by atomic mass is 19.3. The van der Waals surface area contributed by atoms with Crippen LogP contribution in [0.25, 0.3) is 10.9 Å². The van der Waals surface area contributed by atoms with Gasteiger partial charge in [-0.05, 0) is 18.6 Å². The van der Waals surface area contributed by atoms with Crippen LogP contribution < -0.4 is 5.32 Å². The molecule has 1 heterocycles. The van der Waals surface area contributed by atoms with Gasteiger partial charge in [-0.15, -0.1) is 0 Å². The first-order valence-corrected chi connectivity index (χ1v) is 5.84. The van der Waals surface area contributed by atoms with E-state index in [-0.39, 0.29) is 10.9 Å². The van der Waals surface area contributed by atoms with E-state index in [1.165, 1.54) is 6.07 Å². The number of halogens is 4. The van der Waals surface area contributed by atoms with Gasteiger partial charge in [-0.2, -0.15) is 0 Å². The van der Waals surface area contributed by atoms with Gasteiger partial charge in [-0.1, -0.05) is 6.92 Å². The summed E-state index contributed by atoms with van der Waals surface area (Å²) in [6.07, 6.45) is -1.99. The molecule has 0 aliphatic heterocycles. The van der Waals surface area contributed by atoms with Crippen molar-refractivity contribution >= 4 is 16.6 Å². The molecule has 0 spiro atoms. The number of aromatic nitrogens is 1. The number of hydrogen-bond acceptors (Lipinski definition) is 2. The predicted molar refractivity (Wildman–Crippen MR) is 65.4 cm³/mol. The summed E-state index contributed by atoms with van der Waals surface area (Å²) in [4.78, 5) is 3.65. The molecular weight excluding hydrogens is 260 g/mol. The Hall–Kier alpha value is -1.85. The highest BCUT2D eigenvalue weighted by molar-refractivity contribution is 5.91. The molecule has 0 bridgehead atoms. The van der Waals surface area contributed by atoms with Gasteiger partial charge < -0.3 is 5.32 Å². The molecule has 0 unspecified atom stereocenters. The first-order valence-electron chi connectivity index (χ1n) is 5.84. The summed E-state index contributed by atoms with van der Waals surface area (Å²) >= 11 is 0. The lowest BCUT2D eigenvalue weighted by molar-refractivity contribution is 0.146. The number of anilines is 1. The zero-order valence-electron chi connectivity index (χ0n) is 10.2. The van der Waals surface area contributed by atoms with Crippen molar-refractivity contribution in [2.24, 2.45) is 0 Å². The number of nitrogens with zero attached hydrogens (tertiary/aromatic N) is 1. The van der Waals surface area contributed by atoms with Crippen molar-refractivity contribution in [3.63, 3.8) is 0 Å². The van der Waals surface area contributed by atoms with Gasteiger partial charge in [0.05, 0.1) is 5.52 Å². The van der Waals surface area contributed by atoms with E-state index < -0.39 is 23.8 Å². The van der Waals surface area contributed by atoms with Crippen LogP contribution in [-0.2, 0) is 0 Å². The van der Waals surface area contributed by atoms with Crippen molar-refractivity contribution < 1.29 is 17.6 Å². The fourth-order valence-corrected chi connectivity index (χ4v) is 1.76. The summed E-state index contributed by atoms with van der Waals surface area (Å²) in [6.45, 7) is 2.45. The first kappa shape index (κ1) is 13.6. The number of alkyl halides is 2. The molecule has 2 aromatic rings. The van der Waals surface area contributed by atoms with Gasteiger partial charge in [0.15, 0.2) is 11.6 Å². The van der Waals surface area contributed by atoms with Gasteiger partial charge in [-0.25, -0.2) is 22.5 Å². The minimum absolute atomic E-state index is 0.00954. The van der Waals surface area contributed by atoms with Crippen LogP contribution in [0.2, 0.25) is 0 Å². The third-order valence-corrected chi connectivity index (χ3v) is 2.66. The fraction of sp³-hybridized carbons (Fsp3) is 0.308. The molecule has 2 nitrogen and oxygen atoms in total. The summed E-state index contributed by atoms with van der Waals surface area (Å²) in [7, 11) is 0. The zero-order valence-corrected chi connectivity index (χ0v) is 10.2. The Kier molecular flexibility index (Phi) is 3.87. The molecule has 0 atom stereocenters. The van der Waals surface area contributed by atoms with Crippen LogP contribution >= 0.6 is 0 Å². The molecule has 6 heteroatoms. The standard InChI is InChI=1S/C13H12F4N2/c1-2-3-18-10-6-12(13(16)17)19-11-5-9(15)8(14)4-7(10)11/h4-6,13H,2-3H2,1H3,(H,18,19). The van der Waals surface area contributed by atoms with Crippen molar-refractivity contribution in [2.45, 2.75) is 19.8 Å². The number of pyridine rings is 1. The molecule has 102 valence electrons. The Morgan fingerprint density at radius 2 is 1.84 bits per heavy atom. The van der Waals surface area contributed by atoms with Crippen LogP contribution in [0.5, 0.6) is 0 Å². The molecule has 0 saturated heterocycles. The minimum Gasteiger partial charge on any atom is -0.384 e. The maximum atomic E-state index is 13.2. The normalized spacial score (nSPS) is 11.3. The van der Waals surface area contributed by atoms with Crippen LogP contribution in [0.3, 0.4) is 0 Å². The van der Waals surface area contributed by atoms with Gasteiger partial charge in [0.1, 0.15) is 5.69 Å². The average molecular weight is 272 g/mol. The van der Waals surface area contributed by atoms with Crippen LogP contribution in [-0.4, -0.2) is 11.5 Å². The Bertz CT molecular complexity index is 599. The van der Waals surface area contributed by atoms with E-state index in [9.17, 15) is 17.6 Å². The van der Waals surface area contributed by atoms with E-state index in [0.29, 0.717) is 12.2 Å². The highest BCUT2D eigenvalue weighted by Crippen LogP contribution is 2.29. The third-order valence-electron chi connectivity index (χ3n) is 2.66. The quantitative estimate of drug-likeness (QED) is 0.840. The van der Waals surface area contributed by atoms with Crippen LogP contribution in [0, 0.1) is 11.6 Å². The Labute approximate surface area is 107 Å². The smallest absolute Gasteiger partial charge is 0.280 e. The van der Waals surface area contributed by atoms with Crippen molar-refractivity contribution in [1.82, 2.24) is 4.98 Å². The molecular formula is C13H12F4N2. The largest absolute Gasteiger partial charge is 0.384 e. The number of rotatable bonds is 4. The van der Waals surface area contributed by atoms with Gasteiger partial charge in [0.2, 0.25) is 0 Å². The van der Waals surface area contributed by atoms with Crippen LogP contribution in [0.4, 0.5) is 23.2 Å². The average Bonchev–Trinajstić information content (AvgIpc) is 2.37. The van der Waals surface area contributed by atoms with Crippen molar-refractivity contribution in [3.8, 4) is 0 Å². The van der Waals surface area contributed by atoms with Gasteiger partial charge >= 0.3 is 0 Å². The Morgan fingerprint density at radius 1 is 1.16 bits per heavy atom. The van der Waals surface area contributed by atoms with Gasteiger partial charge in [0.25, 0.3) is 6.43 Å². The molecule has 0 aliphatic carbocycles. The minimum atomic E-state index is -2.76. The first-order chi connectivity index (χ1) is 9.02. The fourth-order valence-electron chi connectivity index (χ4n) is 1.76. The lowest BCUT2D eigenvalue weighted by Gasteiger charge is -2.11. The lowest BCUT2D eigenvalue weighted by atomic mass is 10.1. The zero-order chi connectivity index (χ0) is 14.0. The van der Waals surface area contributed by atoms with E-state index in [2.05, 4.69) is 10.3 Å². The van der Waals surface area contributed by atoms with E-state index in [1.807, 2.05) is 6.92 Å². The van der Waals surface area contributed by atoms with E-state index >= 15 is 0 Å². The van der Waals surface area contributed by atoms with Gasteiger partial charge in [0, 0.05) is 23.7 Å². The van der Waals surface area contributed by atoms with Crippen LogP contribution in [0.1, 0.15) is 25.5 Å². The summed E-state index contributed by atoms with van der Waals surface area (Å²) < 4.78 is 51.8. The number of fused-ring (bicyclic) bond motifs is 1. The maximum absolute atomic E-state index is 13.2. The lowest BCUT2D eigenvalue weighted by Crippen LogP contribution is -2.03. The number of hydrogen-bond donors (Lipinski definition) is 1. The topological polar surface area (TPSA) is 24.9 Å². The molecule has 1 aromatic carbocycles. The van der Waals surface area contributed by atoms with Crippen LogP contribution in [0.15, 0.2) is 18.2 Å². The van der Waals surface area contributed by atoms with Gasteiger partial charge in [-0.3, -0.25) is 0 Å². The molecule has 1 aromatic heterocycles. The summed E-state index contributed by atoms with van der Waals surface area (Å²) in [5.41, 5.74) is -0.117. The second-order valence-corrected chi connectivity index (χ2v) is 4.11. The molecule has 19 heavy (non-hydrogen) atoms. The van der Waals surface area contributed by atoms with E-state index in [4.69, 9.17) is 0 Å². The molecule has 0 saturated carbocycles. The molecule has 0 amide bonds. The monoisotopic (exact) mass is 272 g/mol. The molecule has 0 radical (unpaired) electrons. The Morgan fingerprint density at radius 3 is 2.47 bits per heavy atom. The van der Waals surface area contributed by atoms with Crippen molar-refractivity contribution in [3.05, 3.63) is 35.5 Å². The molecule has 1 N–H and O–H groups in total. The van der Waals surface area contributed by atoms with E-state index in [1.54, 1.807) is 0 Å². The van der Waals surface area contributed by atoms with Crippen molar-refractivity contribution in [2.75, 3.05) is 11.9 Å². The molecule has 0 aliphatic rings. The maximum Gasteiger partial charge on any atom is 0.280 e. The second kappa shape index (κ2) is 5.42. The summed E-state index contributed by atoms with van der Waals surface area (Å²) in [5, 5.41) is 3.21. The van der Waals surface area contributed by atoms with E-state index in [0.717, 1.165) is 18.6 Å². The summed E-state index contributed by atoms with van der Waals surface area (Å²) in [5.74, 6) is -2.13. The second-order valence-electron chi connectivity index (χ2n) is 4.11. The SMILES string of the molecule is CCCNc1cc(C(F)F)nc2cc(F)c(F)cc12.